The summed E-state index contributed by atoms with van der Waals surface area (Å²) in [6.07, 6.45) is 2.95. The first-order valence-corrected chi connectivity index (χ1v) is 7.24. The fraction of sp³-hybridized carbons (Fsp3) is 0.700. The van der Waals surface area contributed by atoms with Crippen LogP contribution in [0.3, 0.4) is 0 Å². The van der Waals surface area contributed by atoms with Crippen molar-refractivity contribution in [3.05, 3.63) is 11.1 Å². The molecule has 1 unspecified atom stereocenters. The lowest BCUT2D eigenvalue weighted by molar-refractivity contribution is 0.0997. The van der Waals surface area contributed by atoms with E-state index in [1.807, 2.05) is 18.6 Å². The molecule has 1 atom stereocenters. The number of hydrogen-bond acceptors (Lipinski definition) is 5. The van der Waals surface area contributed by atoms with Crippen molar-refractivity contribution in [2.45, 2.75) is 25.9 Å². The number of aliphatic hydroxyl groups is 1. The van der Waals surface area contributed by atoms with Crippen LogP contribution >= 0.6 is 23.1 Å². The maximum absolute atomic E-state index is 9.93. The van der Waals surface area contributed by atoms with Crippen molar-refractivity contribution in [2.24, 2.45) is 0 Å². The van der Waals surface area contributed by atoms with Gasteiger partial charge >= 0.3 is 0 Å². The molecule has 5 heteroatoms. The Balaban J connectivity index is 2.42. The Kier molecular flexibility index (Phi) is 4.89. The second-order valence-corrected chi connectivity index (χ2v) is 5.51. The van der Waals surface area contributed by atoms with Gasteiger partial charge in [0.1, 0.15) is 0 Å². The number of thiazole rings is 1. The third-order valence-corrected chi connectivity index (χ3v) is 3.75. The second kappa shape index (κ2) is 5.72. The quantitative estimate of drug-likeness (QED) is 0.808. The largest absolute Gasteiger partial charge is 0.387 e. The van der Waals surface area contributed by atoms with Crippen molar-refractivity contribution in [3.63, 3.8) is 0 Å². The van der Waals surface area contributed by atoms with Crippen molar-refractivity contribution >= 4 is 28.2 Å². The fourth-order valence-electron chi connectivity index (χ4n) is 1.18. The standard InChI is InChI=1S/C10H18N2OS2/c1-4-8-5-15-9(12-8)11-6-10(2,13)7-14-3/h5,13H,4,6-7H2,1-3H3,(H,11,12). The highest BCUT2D eigenvalue weighted by atomic mass is 32.2. The van der Waals surface area contributed by atoms with Gasteiger partial charge < -0.3 is 10.4 Å². The number of rotatable bonds is 6. The summed E-state index contributed by atoms with van der Waals surface area (Å²) in [5.74, 6) is 0.728. The molecule has 3 nitrogen and oxygen atoms in total. The third kappa shape index (κ3) is 4.40. The molecular weight excluding hydrogens is 228 g/mol. The summed E-state index contributed by atoms with van der Waals surface area (Å²) in [5.41, 5.74) is 0.435. The lowest BCUT2D eigenvalue weighted by atomic mass is 10.1. The van der Waals surface area contributed by atoms with Crippen molar-refractivity contribution in [1.82, 2.24) is 4.98 Å². The van der Waals surface area contributed by atoms with E-state index in [1.165, 1.54) is 0 Å². The highest BCUT2D eigenvalue weighted by Crippen LogP contribution is 2.18. The van der Waals surface area contributed by atoms with E-state index >= 15 is 0 Å². The molecule has 0 aromatic carbocycles. The van der Waals surface area contributed by atoms with Crippen molar-refractivity contribution < 1.29 is 5.11 Å². The highest BCUT2D eigenvalue weighted by Gasteiger charge is 2.19. The SMILES string of the molecule is CCc1csc(NCC(C)(O)CSC)n1. The Morgan fingerprint density at radius 1 is 1.67 bits per heavy atom. The summed E-state index contributed by atoms with van der Waals surface area (Å²) in [4.78, 5) is 4.38. The average Bonchev–Trinajstić information content (AvgIpc) is 2.62. The molecule has 0 aliphatic rings. The molecule has 0 radical (unpaired) electrons. The number of nitrogens with zero attached hydrogens (tertiary/aromatic N) is 1. The summed E-state index contributed by atoms with van der Waals surface area (Å²) >= 11 is 3.24. The lowest BCUT2D eigenvalue weighted by Gasteiger charge is -2.22. The van der Waals surface area contributed by atoms with Gasteiger partial charge in [0.05, 0.1) is 11.3 Å². The zero-order chi connectivity index (χ0) is 11.3. The van der Waals surface area contributed by atoms with Gasteiger partial charge in [-0.15, -0.1) is 11.3 Å². The molecule has 0 bridgehead atoms. The van der Waals surface area contributed by atoms with E-state index in [0.29, 0.717) is 6.54 Å². The number of aryl methyl sites for hydroxylation is 1. The van der Waals surface area contributed by atoms with Crippen LogP contribution in [0.4, 0.5) is 5.13 Å². The van der Waals surface area contributed by atoms with E-state index < -0.39 is 5.60 Å². The van der Waals surface area contributed by atoms with Crippen LogP contribution in [0.25, 0.3) is 0 Å². The van der Waals surface area contributed by atoms with Crippen LogP contribution in [0.15, 0.2) is 5.38 Å². The molecule has 0 spiro atoms. The number of hydrogen-bond donors (Lipinski definition) is 2. The van der Waals surface area contributed by atoms with Gasteiger partial charge in [-0.25, -0.2) is 4.98 Å². The van der Waals surface area contributed by atoms with Crippen LogP contribution < -0.4 is 5.32 Å². The Hall–Kier alpha value is -0.260. The van der Waals surface area contributed by atoms with E-state index in [-0.39, 0.29) is 0 Å². The topological polar surface area (TPSA) is 45.1 Å². The van der Waals surface area contributed by atoms with E-state index in [4.69, 9.17) is 0 Å². The van der Waals surface area contributed by atoms with Gasteiger partial charge in [-0.2, -0.15) is 11.8 Å². The van der Waals surface area contributed by atoms with E-state index in [0.717, 1.165) is 23.0 Å². The minimum atomic E-state index is -0.669. The summed E-state index contributed by atoms with van der Waals surface area (Å²) < 4.78 is 0. The van der Waals surface area contributed by atoms with Gasteiger partial charge in [0.25, 0.3) is 0 Å². The molecule has 0 aliphatic heterocycles. The van der Waals surface area contributed by atoms with Crippen LogP contribution in [0, 0.1) is 0 Å². The minimum absolute atomic E-state index is 0.546. The first kappa shape index (κ1) is 12.8. The second-order valence-electron chi connectivity index (χ2n) is 3.78. The molecule has 1 rings (SSSR count). The van der Waals surface area contributed by atoms with Gasteiger partial charge in [-0.3, -0.25) is 0 Å². The van der Waals surface area contributed by atoms with Crippen LogP contribution in [0.2, 0.25) is 0 Å². The number of nitrogens with one attached hydrogen (secondary N) is 1. The summed E-state index contributed by atoms with van der Waals surface area (Å²) in [7, 11) is 0. The predicted molar refractivity (Wildman–Crippen MR) is 69.0 cm³/mol. The van der Waals surface area contributed by atoms with Gasteiger partial charge in [-0.1, -0.05) is 6.92 Å². The Labute approximate surface area is 99.3 Å². The van der Waals surface area contributed by atoms with E-state index in [9.17, 15) is 5.11 Å². The van der Waals surface area contributed by atoms with Crippen LogP contribution in [-0.2, 0) is 6.42 Å². The molecular formula is C10H18N2OS2. The Bertz CT molecular complexity index is 299. The highest BCUT2D eigenvalue weighted by molar-refractivity contribution is 7.98. The molecule has 2 N–H and O–H groups in total. The first-order chi connectivity index (χ1) is 7.07. The molecule has 1 aromatic heterocycles. The summed E-state index contributed by atoms with van der Waals surface area (Å²) in [6.45, 7) is 4.47. The maximum Gasteiger partial charge on any atom is 0.182 e. The average molecular weight is 246 g/mol. The monoisotopic (exact) mass is 246 g/mol. The van der Waals surface area contributed by atoms with Crippen LogP contribution in [0.1, 0.15) is 19.5 Å². The van der Waals surface area contributed by atoms with Crippen LogP contribution in [0.5, 0.6) is 0 Å². The smallest absolute Gasteiger partial charge is 0.182 e. The number of aromatic nitrogens is 1. The zero-order valence-corrected chi connectivity index (χ0v) is 11.0. The summed E-state index contributed by atoms with van der Waals surface area (Å²) in [5, 5.41) is 16.0. The fourth-order valence-corrected chi connectivity index (χ4v) is 2.70. The predicted octanol–water partition coefficient (Wildman–Crippen LogP) is 2.23. The molecule has 0 saturated heterocycles. The molecule has 1 heterocycles. The molecule has 1 aromatic rings. The number of thioether (sulfide) groups is 1. The van der Waals surface area contributed by atoms with Gasteiger partial charge in [0.15, 0.2) is 5.13 Å². The zero-order valence-electron chi connectivity index (χ0n) is 9.41. The minimum Gasteiger partial charge on any atom is -0.387 e. The molecule has 0 saturated carbocycles. The van der Waals surface area contributed by atoms with Crippen molar-refractivity contribution in [2.75, 3.05) is 23.9 Å². The lowest BCUT2D eigenvalue weighted by Crippen LogP contribution is -2.36. The first-order valence-electron chi connectivity index (χ1n) is 4.97. The molecule has 0 aliphatic carbocycles. The Morgan fingerprint density at radius 2 is 2.40 bits per heavy atom. The maximum atomic E-state index is 9.93. The van der Waals surface area contributed by atoms with Gasteiger partial charge in [0.2, 0.25) is 0 Å². The summed E-state index contributed by atoms with van der Waals surface area (Å²) in [6, 6.07) is 0. The van der Waals surface area contributed by atoms with Crippen LogP contribution in [-0.4, -0.2) is 34.2 Å². The van der Waals surface area contributed by atoms with Crippen molar-refractivity contribution in [3.8, 4) is 0 Å². The molecule has 0 amide bonds. The molecule has 0 fully saturated rings. The number of anilines is 1. The van der Waals surface area contributed by atoms with E-state index in [2.05, 4.69) is 17.2 Å². The van der Waals surface area contributed by atoms with Crippen molar-refractivity contribution in [1.29, 1.82) is 0 Å². The molecule has 86 valence electrons. The molecule has 15 heavy (non-hydrogen) atoms. The normalized spacial score (nSPS) is 14.9. The van der Waals surface area contributed by atoms with Gasteiger partial charge in [-0.05, 0) is 19.6 Å². The Morgan fingerprint density at radius 3 is 2.93 bits per heavy atom. The van der Waals surface area contributed by atoms with Gasteiger partial charge in [0, 0.05) is 17.7 Å². The third-order valence-electron chi connectivity index (χ3n) is 1.99. The van der Waals surface area contributed by atoms with E-state index in [1.54, 1.807) is 23.1 Å².